The number of halogens is 2. The SMILES string of the molecule is Cc1ccc(C(C)NC(=O)C(C(C)C)n2cnc3cc(F)c(F)cc32)cc1. The van der Waals surface area contributed by atoms with Crippen molar-refractivity contribution in [1.29, 1.82) is 0 Å². The molecule has 3 rings (SSSR count). The molecule has 0 aliphatic rings. The molecule has 0 saturated heterocycles. The van der Waals surface area contributed by atoms with E-state index in [-0.39, 0.29) is 17.9 Å². The van der Waals surface area contributed by atoms with Crippen LogP contribution in [0.4, 0.5) is 8.78 Å². The first-order valence-corrected chi connectivity index (χ1v) is 8.96. The van der Waals surface area contributed by atoms with Gasteiger partial charge in [-0.2, -0.15) is 0 Å². The Morgan fingerprint density at radius 1 is 1.07 bits per heavy atom. The molecule has 4 nitrogen and oxygen atoms in total. The molecule has 0 aliphatic heterocycles. The molecule has 2 aromatic carbocycles. The normalized spacial score (nSPS) is 13.7. The zero-order valence-electron chi connectivity index (χ0n) is 15.8. The van der Waals surface area contributed by atoms with Crippen LogP contribution in [-0.4, -0.2) is 15.5 Å². The van der Waals surface area contributed by atoms with Crippen LogP contribution in [0.5, 0.6) is 0 Å². The molecule has 0 fully saturated rings. The molecule has 1 aromatic heterocycles. The van der Waals surface area contributed by atoms with E-state index < -0.39 is 17.7 Å². The highest BCUT2D eigenvalue weighted by molar-refractivity contribution is 5.84. The van der Waals surface area contributed by atoms with Crippen LogP contribution in [0, 0.1) is 24.5 Å². The van der Waals surface area contributed by atoms with Crippen molar-refractivity contribution in [3.05, 3.63) is 65.5 Å². The molecule has 1 amide bonds. The molecule has 0 spiro atoms. The van der Waals surface area contributed by atoms with Crippen molar-refractivity contribution in [2.24, 2.45) is 5.92 Å². The van der Waals surface area contributed by atoms with Crippen LogP contribution in [0.3, 0.4) is 0 Å². The minimum absolute atomic E-state index is 0.0688. The molecule has 2 atom stereocenters. The Balaban J connectivity index is 1.90. The van der Waals surface area contributed by atoms with E-state index in [1.165, 1.54) is 6.33 Å². The Hall–Kier alpha value is -2.76. The molecule has 0 radical (unpaired) electrons. The second-order valence-electron chi connectivity index (χ2n) is 7.24. The Bertz CT molecular complexity index is 963. The molecule has 27 heavy (non-hydrogen) atoms. The van der Waals surface area contributed by atoms with Crippen LogP contribution in [0.15, 0.2) is 42.7 Å². The number of nitrogens with zero attached hydrogens (tertiary/aromatic N) is 2. The van der Waals surface area contributed by atoms with Crippen LogP contribution in [0.2, 0.25) is 0 Å². The van der Waals surface area contributed by atoms with Crippen LogP contribution in [-0.2, 0) is 4.79 Å². The molecule has 1 heterocycles. The van der Waals surface area contributed by atoms with E-state index in [0.717, 1.165) is 23.3 Å². The molecular weight excluding hydrogens is 348 g/mol. The standard InChI is InChI=1S/C21H23F2N3O/c1-12(2)20(21(27)25-14(4)15-7-5-13(3)6-8-15)26-11-24-18-9-16(22)17(23)10-19(18)26/h5-12,14,20H,1-4H3,(H,25,27). The molecule has 1 N–H and O–H groups in total. The lowest BCUT2D eigenvalue weighted by molar-refractivity contribution is -0.126. The van der Waals surface area contributed by atoms with Gasteiger partial charge in [-0.3, -0.25) is 4.79 Å². The van der Waals surface area contributed by atoms with Gasteiger partial charge in [-0.1, -0.05) is 43.7 Å². The number of amides is 1. The number of rotatable bonds is 5. The van der Waals surface area contributed by atoms with Crippen LogP contribution in [0.1, 0.15) is 44.0 Å². The number of aryl methyl sites for hydroxylation is 1. The lowest BCUT2D eigenvalue weighted by Gasteiger charge is -2.25. The average Bonchev–Trinajstić information content (AvgIpc) is 2.98. The highest BCUT2D eigenvalue weighted by atomic mass is 19.2. The third-order valence-corrected chi connectivity index (χ3v) is 4.75. The average molecular weight is 371 g/mol. The number of benzene rings is 2. The summed E-state index contributed by atoms with van der Waals surface area (Å²) in [6.07, 6.45) is 1.46. The molecule has 0 bridgehead atoms. The van der Waals surface area contributed by atoms with E-state index >= 15 is 0 Å². The number of carbonyl (C=O) groups excluding carboxylic acids is 1. The predicted octanol–water partition coefficient (Wildman–Crippen LogP) is 4.70. The molecule has 142 valence electrons. The molecule has 6 heteroatoms. The van der Waals surface area contributed by atoms with Gasteiger partial charge in [-0.05, 0) is 25.3 Å². The maximum atomic E-state index is 13.7. The lowest BCUT2D eigenvalue weighted by Crippen LogP contribution is -2.36. The topological polar surface area (TPSA) is 46.9 Å². The second kappa shape index (κ2) is 7.47. The maximum absolute atomic E-state index is 13.7. The summed E-state index contributed by atoms with van der Waals surface area (Å²) >= 11 is 0. The molecule has 0 aliphatic carbocycles. The largest absolute Gasteiger partial charge is 0.348 e. The number of aromatic nitrogens is 2. The Labute approximate surface area is 157 Å². The number of nitrogens with one attached hydrogen (secondary N) is 1. The zero-order chi connectivity index (χ0) is 19.7. The van der Waals surface area contributed by atoms with Crippen molar-refractivity contribution in [2.45, 2.75) is 39.8 Å². The molecule has 3 aromatic rings. The summed E-state index contributed by atoms with van der Waals surface area (Å²) in [5, 5.41) is 3.02. The van der Waals surface area contributed by atoms with E-state index in [1.807, 2.05) is 52.0 Å². The second-order valence-corrected chi connectivity index (χ2v) is 7.24. The zero-order valence-corrected chi connectivity index (χ0v) is 15.8. The first-order valence-electron chi connectivity index (χ1n) is 8.96. The van der Waals surface area contributed by atoms with Gasteiger partial charge in [0.2, 0.25) is 5.91 Å². The van der Waals surface area contributed by atoms with Gasteiger partial charge in [0.1, 0.15) is 6.04 Å². The fourth-order valence-electron chi connectivity index (χ4n) is 3.23. The van der Waals surface area contributed by atoms with Gasteiger partial charge in [-0.15, -0.1) is 0 Å². The number of imidazole rings is 1. The summed E-state index contributed by atoms with van der Waals surface area (Å²) in [5.41, 5.74) is 2.86. The van der Waals surface area contributed by atoms with Gasteiger partial charge in [-0.25, -0.2) is 13.8 Å². The van der Waals surface area contributed by atoms with Gasteiger partial charge in [0.25, 0.3) is 0 Å². The quantitative estimate of drug-likeness (QED) is 0.707. The summed E-state index contributed by atoms with van der Waals surface area (Å²) in [6.45, 7) is 7.74. The number of hydrogen-bond donors (Lipinski definition) is 1. The Morgan fingerprint density at radius 2 is 1.70 bits per heavy atom. The predicted molar refractivity (Wildman–Crippen MR) is 101 cm³/mol. The Kier molecular flexibility index (Phi) is 5.26. The van der Waals surface area contributed by atoms with Crippen molar-refractivity contribution < 1.29 is 13.6 Å². The molecule has 0 saturated carbocycles. The first-order chi connectivity index (χ1) is 12.8. The Morgan fingerprint density at radius 3 is 2.33 bits per heavy atom. The van der Waals surface area contributed by atoms with Crippen molar-refractivity contribution in [3.8, 4) is 0 Å². The van der Waals surface area contributed by atoms with Crippen molar-refractivity contribution in [3.63, 3.8) is 0 Å². The van der Waals surface area contributed by atoms with Gasteiger partial charge in [0, 0.05) is 12.1 Å². The van der Waals surface area contributed by atoms with Crippen molar-refractivity contribution in [2.75, 3.05) is 0 Å². The number of carbonyl (C=O) groups is 1. The minimum Gasteiger partial charge on any atom is -0.348 e. The third-order valence-electron chi connectivity index (χ3n) is 4.75. The minimum atomic E-state index is -0.958. The van der Waals surface area contributed by atoms with Crippen LogP contribution >= 0.6 is 0 Å². The molecular formula is C21H23F2N3O. The van der Waals surface area contributed by atoms with E-state index in [9.17, 15) is 13.6 Å². The summed E-state index contributed by atoms with van der Waals surface area (Å²) in [7, 11) is 0. The van der Waals surface area contributed by atoms with E-state index in [1.54, 1.807) is 4.57 Å². The summed E-state index contributed by atoms with van der Waals surface area (Å²) in [4.78, 5) is 17.1. The number of fused-ring (bicyclic) bond motifs is 1. The fraction of sp³-hybridized carbons (Fsp3) is 0.333. The van der Waals surface area contributed by atoms with Crippen molar-refractivity contribution >= 4 is 16.9 Å². The smallest absolute Gasteiger partial charge is 0.243 e. The van der Waals surface area contributed by atoms with Gasteiger partial charge < -0.3 is 9.88 Å². The van der Waals surface area contributed by atoms with Crippen molar-refractivity contribution in [1.82, 2.24) is 14.9 Å². The van der Waals surface area contributed by atoms with E-state index in [0.29, 0.717) is 11.0 Å². The maximum Gasteiger partial charge on any atom is 0.243 e. The van der Waals surface area contributed by atoms with Gasteiger partial charge in [0.15, 0.2) is 11.6 Å². The summed E-state index contributed by atoms with van der Waals surface area (Å²) in [6, 6.07) is 9.33. The summed E-state index contributed by atoms with van der Waals surface area (Å²) in [5.74, 6) is -2.17. The van der Waals surface area contributed by atoms with E-state index in [4.69, 9.17) is 0 Å². The lowest BCUT2D eigenvalue weighted by atomic mass is 10.0. The van der Waals surface area contributed by atoms with Gasteiger partial charge in [0.05, 0.1) is 23.4 Å². The monoisotopic (exact) mass is 371 g/mol. The third kappa shape index (κ3) is 3.84. The first kappa shape index (κ1) is 19.0. The van der Waals surface area contributed by atoms with E-state index in [2.05, 4.69) is 10.3 Å². The number of hydrogen-bond acceptors (Lipinski definition) is 2. The highest BCUT2D eigenvalue weighted by Crippen LogP contribution is 2.26. The highest BCUT2D eigenvalue weighted by Gasteiger charge is 2.27. The fourth-order valence-corrected chi connectivity index (χ4v) is 3.23. The summed E-state index contributed by atoms with van der Waals surface area (Å²) < 4.78 is 28.8. The van der Waals surface area contributed by atoms with Gasteiger partial charge >= 0.3 is 0 Å². The molecule has 2 unspecified atom stereocenters. The van der Waals surface area contributed by atoms with Crippen LogP contribution in [0.25, 0.3) is 11.0 Å². The van der Waals surface area contributed by atoms with Crippen LogP contribution < -0.4 is 5.32 Å².